The Hall–Kier alpha value is -3.84. The maximum atomic E-state index is 14.1. The summed E-state index contributed by atoms with van der Waals surface area (Å²) in [5.41, 5.74) is 9.16. The smallest absolute Gasteiger partial charge is 0.351 e. The summed E-state index contributed by atoms with van der Waals surface area (Å²) in [5.74, 6) is -2.70. The molecule has 174 valence electrons. The van der Waals surface area contributed by atoms with Gasteiger partial charge in [0.15, 0.2) is 12.1 Å². The van der Waals surface area contributed by atoms with Crippen LogP contribution in [0.15, 0.2) is 36.8 Å². The van der Waals surface area contributed by atoms with Crippen LogP contribution in [0.4, 0.5) is 39.4 Å². The van der Waals surface area contributed by atoms with Gasteiger partial charge in [0.25, 0.3) is 0 Å². The van der Waals surface area contributed by atoms with Crippen molar-refractivity contribution in [3.8, 4) is 5.95 Å². The number of nitrogens with one attached hydrogen (secondary N) is 2. The van der Waals surface area contributed by atoms with Gasteiger partial charge in [-0.1, -0.05) is 4.79 Å². The molecule has 0 saturated heterocycles. The molecule has 0 unspecified atom stereocenters. The van der Waals surface area contributed by atoms with E-state index in [4.69, 9.17) is 5.73 Å². The standard InChI is InChI=1S/C18H18F5N8O.2H2/c1-10(14(32)6-7-18(21,22)23)26-15-13(20)8-25-17(27-15)30-9-31(29-16(30)24)28-12-4-2-11(19)3-5-12;;/h2-5,8-10,28H,6-7H2,1H3,(H2,24,29)(H,25,26,27);2*1H/q+1;;/t10-;;/m0../s1. The van der Waals surface area contributed by atoms with Gasteiger partial charge in [0.2, 0.25) is 11.6 Å². The van der Waals surface area contributed by atoms with Crippen molar-refractivity contribution in [2.24, 2.45) is 0 Å². The van der Waals surface area contributed by atoms with Crippen LogP contribution < -0.4 is 21.0 Å². The number of nitrogens with two attached hydrogens (primary N) is 1. The Morgan fingerprint density at radius 1 is 1.28 bits per heavy atom. The summed E-state index contributed by atoms with van der Waals surface area (Å²) >= 11 is 0. The number of hydrogen-bond donors (Lipinski definition) is 3. The highest BCUT2D eigenvalue weighted by Crippen LogP contribution is 2.22. The third-order valence-electron chi connectivity index (χ3n) is 4.21. The van der Waals surface area contributed by atoms with E-state index in [-0.39, 0.29) is 14.7 Å². The van der Waals surface area contributed by atoms with Gasteiger partial charge in [-0.15, -0.1) is 9.97 Å². The molecule has 1 aromatic carbocycles. The molecule has 2 heterocycles. The minimum absolute atomic E-state index is 0. The normalized spacial score (nSPS) is 12.4. The molecule has 9 nitrogen and oxygen atoms in total. The van der Waals surface area contributed by atoms with E-state index in [0.29, 0.717) is 5.69 Å². The molecule has 0 fully saturated rings. The molecule has 0 spiro atoms. The summed E-state index contributed by atoms with van der Waals surface area (Å²) in [4.78, 5) is 20.9. The number of ketones is 1. The number of carbonyl (C=O) groups excluding carboxylic acids is 1. The molecule has 0 radical (unpaired) electrons. The van der Waals surface area contributed by atoms with E-state index >= 15 is 0 Å². The summed E-state index contributed by atoms with van der Waals surface area (Å²) in [6, 6.07) is 4.28. The largest absolute Gasteiger partial charge is 0.389 e. The first-order valence-electron chi connectivity index (χ1n) is 9.20. The average molecular weight is 461 g/mol. The van der Waals surface area contributed by atoms with Gasteiger partial charge >= 0.3 is 18.1 Å². The van der Waals surface area contributed by atoms with Crippen molar-refractivity contribution >= 4 is 23.2 Å². The van der Waals surface area contributed by atoms with Crippen LogP contribution in [0.3, 0.4) is 0 Å². The lowest BCUT2D eigenvalue weighted by atomic mass is 10.1. The Balaban J connectivity index is 0.00000289. The van der Waals surface area contributed by atoms with Gasteiger partial charge in [-0.3, -0.25) is 4.79 Å². The molecule has 2 aromatic heterocycles. The van der Waals surface area contributed by atoms with Crippen LogP contribution in [-0.2, 0) is 4.79 Å². The summed E-state index contributed by atoms with van der Waals surface area (Å²) in [5, 5.41) is 6.44. The fraction of sp³-hybridized carbons (Fsp3) is 0.278. The number of carbonyl (C=O) groups is 1. The van der Waals surface area contributed by atoms with Crippen LogP contribution >= 0.6 is 0 Å². The second kappa shape index (κ2) is 9.11. The van der Waals surface area contributed by atoms with Crippen LogP contribution in [0.2, 0.25) is 0 Å². The second-order valence-corrected chi connectivity index (χ2v) is 6.72. The molecule has 3 aromatic rings. The highest BCUT2D eigenvalue weighted by atomic mass is 19.4. The van der Waals surface area contributed by atoms with Crippen molar-refractivity contribution in [2.45, 2.75) is 32.0 Å². The number of anilines is 3. The topological polar surface area (TPSA) is 115 Å². The number of Topliss-reactive ketones (excluding diaryl/α,β-unsaturated/α-hetero) is 1. The average Bonchev–Trinajstić information content (AvgIpc) is 3.09. The van der Waals surface area contributed by atoms with Gasteiger partial charge in [-0.05, 0) is 36.3 Å². The molecule has 0 amide bonds. The zero-order valence-corrected chi connectivity index (χ0v) is 16.6. The summed E-state index contributed by atoms with van der Waals surface area (Å²) in [7, 11) is 0. The fourth-order valence-corrected chi connectivity index (χ4v) is 2.56. The molecule has 3 rings (SSSR count). The quantitative estimate of drug-likeness (QED) is 0.349. The number of nitrogens with zero attached hydrogens (tertiary/aromatic N) is 5. The monoisotopic (exact) mass is 461 g/mol. The molecular weight excluding hydrogens is 439 g/mol. The zero-order chi connectivity index (χ0) is 23.5. The third-order valence-corrected chi connectivity index (χ3v) is 4.21. The van der Waals surface area contributed by atoms with E-state index in [2.05, 4.69) is 25.8 Å². The Morgan fingerprint density at radius 2 is 1.97 bits per heavy atom. The number of hydrogen-bond acceptors (Lipinski definition) is 7. The van der Waals surface area contributed by atoms with Crippen LogP contribution in [0.5, 0.6) is 0 Å². The first kappa shape index (κ1) is 22.8. The van der Waals surface area contributed by atoms with E-state index < -0.39 is 48.3 Å². The first-order chi connectivity index (χ1) is 15.0. The molecule has 4 N–H and O–H groups in total. The lowest BCUT2D eigenvalue weighted by Gasteiger charge is -2.13. The van der Waals surface area contributed by atoms with Gasteiger partial charge in [-0.2, -0.15) is 22.1 Å². The number of halogens is 5. The van der Waals surface area contributed by atoms with Crippen molar-refractivity contribution < 1.29 is 34.2 Å². The minimum atomic E-state index is -4.47. The van der Waals surface area contributed by atoms with Crippen molar-refractivity contribution in [3.05, 3.63) is 48.4 Å². The van der Waals surface area contributed by atoms with Gasteiger partial charge in [0, 0.05) is 9.27 Å². The van der Waals surface area contributed by atoms with Crippen LogP contribution in [-0.4, -0.2) is 37.9 Å². The molecule has 1 atom stereocenters. The van der Waals surface area contributed by atoms with Gasteiger partial charge < -0.3 is 11.1 Å². The maximum absolute atomic E-state index is 14.1. The number of alkyl halides is 3. The van der Waals surface area contributed by atoms with Crippen LogP contribution in [0.1, 0.15) is 22.6 Å². The molecular formula is C18H22F5N8O+. The molecule has 0 bridgehead atoms. The predicted molar refractivity (Wildman–Crippen MR) is 107 cm³/mol. The van der Waals surface area contributed by atoms with Crippen molar-refractivity contribution in [2.75, 3.05) is 16.5 Å². The van der Waals surface area contributed by atoms with Crippen LogP contribution in [0, 0.1) is 11.6 Å². The Bertz CT molecular complexity index is 1110. The SMILES string of the molecule is C[C@H](Nc1nc(-[n+]2cn(Nc3ccc(F)cc3)nc2N)ncc1F)C(=O)CCC(F)(F)F.[HH].[HH]. The Kier molecular flexibility index (Phi) is 6.50. The molecule has 14 heteroatoms. The molecule has 0 aliphatic heterocycles. The summed E-state index contributed by atoms with van der Waals surface area (Å²) in [6.45, 7) is 1.30. The summed E-state index contributed by atoms with van der Waals surface area (Å²) < 4.78 is 65.3. The van der Waals surface area contributed by atoms with Crippen LogP contribution in [0.25, 0.3) is 5.95 Å². The lowest BCUT2D eigenvalue weighted by Crippen LogP contribution is -2.36. The van der Waals surface area contributed by atoms with Crippen molar-refractivity contribution in [1.82, 2.24) is 19.9 Å². The molecule has 0 aliphatic rings. The number of rotatable bonds is 8. The van der Waals surface area contributed by atoms with Gasteiger partial charge in [0.05, 0.1) is 18.2 Å². The van der Waals surface area contributed by atoms with E-state index in [1.54, 1.807) is 0 Å². The lowest BCUT2D eigenvalue weighted by molar-refractivity contribution is -0.589. The first-order valence-corrected chi connectivity index (χ1v) is 9.20. The van der Waals surface area contributed by atoms with E-state index in [9.17, 15) is 26.7 Å². The maximum Gasteiger partial charge on any atom is 0.389 e. The zero-order valence-electron chi connectivity index (χ0n) is 16.6. The summed E-state index contributed by atoms with van der Waals surface area (Å²) in [6.07, 6.45) is -4.36. The Labute approximate surface area is 181 Å². The molecule has 32 heavy (non-hydrogen) atoms. The number of nitrogen functional groups attached to an aromatic ring is 1. The minimum Gasteiger partial charge on any atom is -0.351 e. The molecule has 0 aliphatic carbocycles. The van der Waals surface area contributed by atoms with E-state index in [1.807, 2.05) is 0 Å². The van der Waals surface area contributed by atoms with E-state index in [0.717, 1.165) is 6.20 Å². The van der Waals surface area contributed by atoms with Crippen molar-refractivity contribution in [3.63, 3.8) is 0 Å². The van der Waals surface area contributed by atoms with Gasteiger partial charge in [-0.25, -0.2) is 9.82 Å². The number of benzene rings is 1. The Morgan fingerprint density at radius 3 is 2.62 bits per heavy atom. The predicted octanol–water partition coefficient (Wildman–Crippen LogP) is 2.89. The number of aromatic nitrogens is 5. The third kappa shape index (κ3) is 5.86. The van der Waals surface area contributed by atoms with Gasteiger partial charge in [0.1, 0.15) is 12.0 Å². The van der Waals surface area contributed by atoms with Crippen molar-refractivity contribution in [1.29, 1.82) is 0 Å². The highest BCUT2D eigenvalue weighted by Gasteiger charge is 2.29. The molecule has 0 saturated carbocycles. The second-order valence-electron chi connectivity index (χ2n) is 6.72. The van der Waals surface area contributed by atoms with E-state index in [1.165, 1.54) is 46.9 Å². The highest BCUT2D eigenvalue weighted by molar-refractivity contribution is 5.86. The fourth-order valence-electron chi connectivity index (χ4n) is 2.56.